The van der Waals surface area contributed by atoms with Crippen LogP contribution in [0.15, 0.2) is 23.1 Å². The highest BCUT2D eigenvalue weighted by Crippen LogP contribution is 2.24. The van der Waals surface area contributed by atoms with Crippen molar-refractivity contribution in [3.8, 4) is 0 Å². The number of sulfonamides is 1. The van der Waals surface area contributed by atoms with Crippen molar-refractivity contribution in [2.24, 2.45) is 0 Å². The summed E-state index contributed by atoms with van der Waals surface area (Å²) in [6.07, 6.45) is 0.293. The number of nitrogens with zero attached hydrogens (tertiary/aromatic N) is 1. The Morgan fingerprint density at radius 1 is 1.50 bits per heavy atom. The van der Waals surface area contributed by atoms with Crippen molar-refractivity contribution in [2.45, 2.75) is 30.8 Å². The number of nitro benzene ring substituents is 1. The van der Waals surface area contributed by atoms with E-state index < -0.39 is 36.9 Å². The molecule has 0 saturated carbocycles. The third-order valence-corrected chi connectivity index (χ3v) is 4.26. The van der Waals surface area contributed by atoms with Gasteiger partial charge in [-0.05, 0) is 25.5 Å². The molecule has 20 heavy (non-hydrogen) atoms. The Kier molecular flexibility index (Phi) is 4.79. The van der Waals surface area contributed by atoms with Crippen LogP contribution in [-0.4, -0.2) is 30.6 Å². The first-order valence-corrected chi connectivity index (χ1v) is 7.23. The second-order valence-electron chi connectivity index (χ2n) is 4.54. The largest absolute Gasteiger partial charge is 0.389 e. The number of halogens is 1. The summed E-state index contributed by atoms with van der Waals surface area (Å²) in [5, 5.41) is 20.5. The summed E-state index contributed by atoms with van der Waals surface area (Å²) < 4.78 is 39.0. The SMILES string of the molecule is CCC(C)(O)CNS(=O)(=O)c1ccc(F)cc1[N+](=O)[O-]. The number of rotatable bonds is 6. The van der Waals surface area contributed by atoms with E-state index >= 15 is 0 Å². The Morgan fingerprint density at radius 2 is 2.10 bits per heavy atom. The first kappa shape index (κ1) is 16.5. The fourth-order valence-corrected chi connectivity index (χ4v) is 2.63. The zero-order chi connectivity index (χ0) is 15.6. The zero-order valence-corrected chi connectivity index (χ0v) is 11.8. The van der Waals surface area contributed by atoms with E-state index in [4.69, 9.17) is 0 Å². The highest BCUT2D eigenvalue weighted by molar-refractivity contribution is 7.89. The molecule has 0 bridgehead atoms. The van der Waals surface area contributed by atoms with Crippen LogP contribution in [0.3, 0.4) is 0 Å². The van der Waals surface area contributed by atoms with Gasteiger partial charge in [0, 0.05) is 6.54 Å². The molecule has 9 heteroatoms. The quantitative estimate of drug-likeness (QED) is 0.605. The van der Waals surface area contributed by atoms with Crippen molar-refractivity contribution in [3.63, 3.8) is 0 Å². The molecule has 0 aliphatic carbocycles. The number of hydrogen-bond acceptors (Lipinski definition) is 5. The number of hydrogen-bond donors (Lipinski definition) is 2. The van der Waals surface area contributed by atoms with Crippen LogP contribution < -0.4 is 4.72 Å². The van der Waals surface area contributed by atoms with Gasteiger partial charge in [-0.3, -0.25) is 10.1 Å². The maximum Gasteiger partial charge on any atom is 0.292 e. The van der Waals surface area contributed by atoms with Gasteiger partial charge in [-0.25, -0.2) is 17.5 Å². The Bertz CT molecular complexity index is 615. The first-order chi connectivity index (χ1) is 9.09. The highest BCUT2D eigenvalue weighted by Gasteiger charge is 2.28. The van der Waals surface area contributed by atoms with Crippen molar-refractivity contribution in [3.05, 3.63) is 34.1 Å². The minimum absolute atomic E-state index is 0.293. The molecule has 1 aromatic rings. The summed E-state index contributed by atoms with van der Waals surface area (Å²) in [5.74, 6) is -0.906. The normalized spacial score (nSPS) is 14.8. The maximum atomic E-state index is 13.0. The van der Waals surface area contributed by atoms with Gasteiger partial charge in [0.2, 0.25) is 10.0 Å². The minimum atomic E-state index is -4.21. The Morgan fingerprint density at radius 3 is 2.60 bits per heavy atom. The van der Waals surface area contributed by atoms with Crippen LogP contribution in [0, 0.1) is 15.9 Å². The van der Waals surface area contributed by atoms with E-state index in [1.54, 1.807) is 6.92 Å². The smallest absolute Gasteiger partial charge is 0.292 e. The van der Waals surface area contributed by atoms with Gasteiger partial charge >= 0.3 is 0 Å². The second-order valence-corrected chi connectivity index (χ2v) is 6.28. The van der Waals surface area contributed by atoms with Crippen LogP contribution in [0.4, 0.5) is 10.1 Å². The van der Waals surface area contributed by atoms with Crippen LogP contribution in [0.1, 0.15) is 20.3 Å². The monoisotopic (exact) mass is 306 g/mol. The average molecular weight is 306 g/mol. The Labute approximate surface area is 115 Å². The molecule has 1 rings (SSSR count). The Hall–Kier alpha value is -1.58. The molecule has 0 aliphatic rings. The molecule has 1 atom stereocenters. The third kappa shape index (κ3) is 3.95. The summed E-state index contributed by atoms with van der Waals surface area (Å²) in [7, 11) is -4.21. The van der Waals surface area contributed by atoms with Crippen molar-refractivity contribution >= 4 is 15.7 Å². The lowest BCUT2D eigenvalue weighted by atomic mass is 10.1. The van der Waals surface area contributed by atoms with E-state index in [1.807, 2.05) is 0 Å². The van der Waals surface area contributed by atoms with E-state index in [9.17, 15) is 28.0 Å². The van der Waals surface area contributed by atoms with Crippen LogP contribution in [0.5, 0.6) is 0 Å². The zero-order valence-electron chi connectivity index (χ0n) is 11.0. The Balaban J connectivity index is 3.13. The van der Waals surface area contributed by atoms with Gasteiger partial charge in [0.05, 0.1) is 16.6 Å². The lowest BCUT2D eigenvalue weighted by Crippen LogP contribution is -2.40. The molecule has 0 saturated heterocycles. The van der Waals surface area contributed by atoms with Crippen molar-refractivity contribution in [2.75, 3.05) is 6.54 Å². The molecule has 2 N–H and O–H groups in total. The summed E-state index contributed by atoms with van der Waals surface area (Å²) in [4.78, 5) is 9.16. The van der Waals surface area contributed by atoms with E-state index in [0.717, 1.165) is 12.1 Å². The van der Waals surface area contributed by atoms with Gasteiger partial charge in [-0.15, -0.1) is 0 Å². The molecule has 0 aliphatic heterocycles. The first-order valence-electron chi connectivity index (χ1n) is 5.75. The lowest BCUT2D eigenvalue weighted by Gasteiger charge is -2.21. The van der Waals surface area contributed by atoms with Gasteiger partial charge in [-0.2, -0.15) is 0 Å². The summed E-state index contributed by atoms with van der Waals surface area (Å²) in [5.41, 5.74) is -2.13. The number of aliphatic hydroxyl groups is 1. The average Bonchev–Trinajstić information content (AvgIpc) is 2.36. The molecule has 0 heterocycles. The minimum Gasteiger partial charge on any atom is -0.389 e. The van der Waals surface area contributed by atoms with Crippen molar-refractivity contribution in [1.29, 1.82) is 0 Å². The molecule has 0 spiro atoms. The number of benzene rings is 1. The third-order valence-electron chi connectivity index (χ3n) is 2.81. The standard InChI is InChI=1S/C11H15FN2O5S/c1-3-11(2,15)7-13-20(18,19)10-5-4-8(12)6-9(10)14(16)17/h4-6,13,15H,3,7H2,1-2H3. The van der Waals surface area contributed by atoms with Gasteiger partial charge in [0.15, 0.2) is 4.90 Å². The number of nitro groups is 1. The van der Waals surface area contributed by atoms with Crippen LogP contribution in [0.25, 0.3) is 0 Å². The maximum absolute atomic E-state index is 13.0. The summed E-state index contributed by atoms with van der Waals surface area (Å²) >= 11 is 0. The van der Waals surface area contributed by atoms with E-state index in [-0.39, 0.29) is 6.54 Å². The van der Waals surface area contributed by atoms with Gasteiger partial charge in [0.1, 0.15) is 5.82 Å². The molecule has 0 fully saturated rings. The lowest BCUT2D eigenvalue weighted by molar-refractivity contribution is -0.388. The van der Waals surface area contributed by atoms with Crippen molar-refractivity contribution in [1.82, 2.24) is 4.72 Å². The molecule has 7 nitrogen and oxygen atoms in total. The van der Waals surface area contributed by atoms with Crippen LogP contribution >= 0.6 is 0 Å². The fraction of sp³-hybridized carbons (Fsp3) is 0.455. The molecule has 0 aromatic heterocycles. The predicted octanol–water partition coefficient (Wildman–Crippen LogP) is 1.17. The van der Waals surface area contributed by atoms with Gasteiger partial charge in [-0.1, -0.05) is 6.92 Å². The fourth-order valence-electron chi connectivity index (χ4n) is 1.31. The molecule has 1 unspecified atom stereocenters. The van der Waals surface area contributed by atoms with Crippen LogP contribution in [-0.2, 0) is 10.0 Å². The summed E-state index contributed by atoms with van der Waals surface area (Å²) in [6, 6.07) is 2.17. The summed E-state index contributed by atoms with van der Waals surface area (Å²) in [6.45, 7) is 2.78. The molecular formula is C11H15FN2O5S. The molecular weight excluding hydrogens is 291 g/mol. The molecule has 1 aromatic carbocycles. The van der Waals surface area contributed by atoms with E-state index in [1.165, 1.54) is 6.92 Å². The van der Waals surface area contributed by atoms with E-state index in [0.29, 0.717) is 12.5 Å². The molecule has 0 radical (unpaired) electrons. The van der Waals surface area contributed by atoms with Gasteiger partial charge < -0.3 is 5.11 Å². The van der Waals surface area contributed by atoms with Gasteiger partial charge in [0.25, 0.3) is 5.69 Å². The molecule has 0 amide bonds. The second kappa shape index (κ2) is 5.81. The predicted molar refractivity (Wildman–Crippen MR) is 69.2 cm³/mol. The van der Waals surface area contributed by atoms with Crippen molar-refractivity contribution < 1.29 is 22.8 Å². The molecule has 112 valence electrons. The van der Waals surface area contributed by atoms with E-state index in [2.05, 4.69) is 4.72 Å². The number of nitrogens with one attached hydrogen (secondary N) is 1. The highest BCUT2D eigenvalue weighted by atomic mass is 32.2. The van der Waals surface area contributed by atoms with Crippen LogP contribution in [0.2, 0.25) is 0 Å². The topological polar surface area (TPSA) is 110 Å².